The summed E-state index contributed by atoms with van der Waals surface area (Å²) in [6.45, 7) is 0. The number of benzene rings is 2. The molecule has 0 aliphatic heterocycles. The van der Waals surface area contributed by atoms with Gasteiger partial charge in [-0.3, -0.25) is 10.1 Å². The second-order valence-corrected chi connectivity index (χ2v) is 5.29. The number of non-ortho nitro benzene ring substituents is 1. The van der Waals surface area contributed by atoms with Gasteiger partial charge in [-0.1, -0.05) is 30.0 Å². The van der Waals surface area contributed by atoms with Gasteiger partial charge in [0.25, 0.3) is 5.69 Å². The number of nitriles is 2. The van der Waals surface area contributed by atoms with Gasteiger partial charge >= 0.3 is 0 Å². The summed E-state index contributed by atoms with van der Waals surface area (Å²) in [7, 11) is 0. The molecule has 0 unspecified atom stereocenters. The molecule has 0 radical (unpaired) electrons. The molecule has 0 aliphatic rings. The number of nitro groups is 1. The number of rotatable bonds is 4. The van der Waals surface area contributed by atoms with Crippen LogP contribution < -0.4 is 0 Å². The fourth-order valence-corrected chi connectivity index (χ4v) is 2.63. The van der Waals surface area contributed by atoms with Crippen molar-refractivity contribution in [3.05, 3.63) is 69.8 Å². The Hall–Kier alpha value is -3.09. The van der Waals surface area contributed by atoms with E-state index in [0.29, 0.717) is 5.56 Å². The van der Waals surface area contributed by atoms with Gasteiger partial charge < -0.3 is 0 Å². The first kappa shape index (κ1) is 15.3. The van der Waals surface area contributed by atoms with E-state index in [2.05, 4.69) is 0 Å². The fourth-order valence-electron chi connectivity index (χ4n) is 1.72. The monoisotopic (exact) mass is 307 g/mol. The van der Waals surface area contributed by atoms with Crippen LogP contribution in [-0.2, 0) is 0 Å². The number of hydrogen-bond donors (Lipinski definition) is 0. The summed E-state index contributed by atoms with van der Waals surface area (Å²) in [6, 6.07) is 17.4. The highest BCUT2D eigenvalue weighted by Gasteiger charge is 2.11. The highest BCUT2D eigenvalue weighted by Crippen LogP contribution is 2.33. The summed E-state index contributed by atoms with van der Waals surface area (Å²) in [4.78, 5) is 12.1. The summed E-state index contributed by atoms with van der Waals surface area (Å²) in [5.74, 6) is 0. The Morgan fingerprint density at radius 1 is 1.14 bits per heavy atom. The summed E-state index contributed by atoms with van der Waals surface area (Å²) in [5, 5.41) is 28.6. The third-order valence-electron chi connectivity index (χ3n) is 2.72. The van der Waals surface area contributed by atoms with Crippen LogP contribution in [0, 0.1) is 32.8 Å². The van der Waals surface area contributed by atoms with Crippen molar-refractivity contribution in [2.75, 3.05) is 0 Å². The molecule has 0 heterocycles. The topological polar surface area (TPSA) is 90.7 Å². The minimum absolute atomic E-state index is 0.0844. The minimum atomic E-state index is -0.507. The molecule has 0 aliphatic carbocycles. The lowest BCUT2D eigenvalue weighted by molar-refractivity contribution is -0.384. The molecule has 0 spiro atoms. The summed E-state index contributed by atoms with van der Waals surface area (Å²) in [6.07, 6.45) is 1.36. The van der Waals surface area contributed by atoms with Crippen molar-refractivity contribution in [1.29, 1.82) is 10.5 Å². The van der Waals surface area contributed by atoms with Crippen LogP contribution >= 0.6 is 11.8 Å². The van der Waals surface area contributed by atoms with Crippen molar-refractivity contribution in [3.8, 4) is 12.1 Å². The zero-order chi connectivity index (χ0) is 15.9. The van der Waals surface area contributed by atoms with Crippen molar-refractivity contribution in [1.82, 2.24) is 0 Å². The van der Waals surface area contributed by atoms with E-state index in [4.69, 9.17) is 10.5 Å². The molecule has 2 aromatic carbocycles. The Kier molecular flexibility index (Phi) is 4.92. The fraction of sp³-hybridized carbons (Fsp3) is 0. The quantitative estimate of drug-likeness (QED) is 0.480. The Morgan fingerprint density at radius 3 is 2.41 bits per heavy atom. The SMILES string of the molecule is N#CC(C#N)=Cc1cc([N+](=O)[O-])ccc1Sc1ccccc1. The molecular formula is C16H9N3O2S. The second-order valence-electron chi connectivity index (χ2n) is 4.18. The molecule has 0 fully saturated rings. The second kappa shape index (κ2) is 7.07. The van der Waals surface area contributed by atoms with Crippen LogP contribution in [0.15, 0.2) is 63.9 Å². The molecule has 22 heavy (non-hydrogen) atoms. The van der Waals surface area contributed by atoms with E-state index < -0.39 is 4.92 Å². The van der Waals surface area contributed by atoms with E-state index in [1.807, 2.05) is 30.3 Å². The van der Waals surface area contributed by atoms with Gasteiger partial charge in [0.15, 0.2) is 0 Å². The molecule has 6 heteroatoms. The van der Waals surface area contributed by atoms with Gasteiger partial charge in [-0.15, -0.1) is 0 Å². The van der Waals surface area contributed by atoms with E-state index in [0.717, 1.165) is 9.79 Å². The first-order valence-corrected chi connectivity index (χ1v) is 6.99. The molecule has 106 valence electrons. The van der Waals surface area contributed by atoms with Crippen LogP contribution in [0.25, 0.3) is 6.08 Å². The molecule has 5 nitrogen and oxygen atoms in total. The number of allylic oxidation sites excluding steroid dienone is 1. The molecule has 0 N–H and O–H groups in total. The Balaban J connectivity index is 2.49. The van der Waals surface area contributed by atoms with Gasteiger partial charge in [-0.25, -0.2) is 0 Å². The van der Waals surface area contributed by atoms with Crippen molar-refractivity contribution >= 4 is 23.5 Å². The molecule has 0 atom stereocenters. The maximum absolute atomic E-state index is 10.9. The van der Waals surface area contributed by atoms with Gasteiger partial charge in [0.2, 0.25) is 0 Å². The molecule has 0 aromatic heterocycles. The lowest BCUT2D eigenvalue weighted by atomic mass is 10.1. The summed E-state index contributed by atoms with van der Waals surface area (Å²) < 4.78 is 0. The van der Waals surface area contributed by atoms with Crippen LogP contribution in [0.5, 0.6) is 0 Å². The Morgan fingerprint density at radius 2 is 1.82 bits per heavy atom. The van der Waals surface area contributed by atoms with Crippen LogP contribution in [0.4, 0.5) is 5.69 Å². The van der Waals surface area contributed by atoms with E-state index in [-0.39, 0.29) is 11.3 Å². The molecule has 0 saturated carbocycles. The van der Waals surface area contributed by atoms with Crippen LogP contribution in [0.2, 0.25) is 0 Å². The summed E-state index contributed by atoms with van der Waals surface area (Å²) in [5.41, 5.74) is 0.287. The maximum atomic E-state index is 10.9. The van der Waals surface area contributed by atoms with Crippen LogP contribution in [-0.4, -0.2) is 4.92 Å². The van der Waals surface area contributed by atoms with Crippen LogP contribution in [0.1, 0.15) is 5.56 Å². The molecule has 0 saturated heterocycles. The third-order valence-corrected chi connectivity index (χ3v) is 3.82. The Bertz CT molecular complexity index is 802. The number of hydrogen-bond acceptors (Lipinski definition) is 5. The predicted octanol–water partition coefficient (Wildman–Crippen LogP) is 4.18. The highest BCUT2D eigenvalue weighted by atomic mass is 32.2. The minimum Gasteiger partial charge on any atom is -0.258 e. The van der Waals surface area contributed by atoms with Gasteiger partial charge in [-0.05, 0) is 29.8 Å². The molecule has 0 amide bonds. The molecule has 2 rings (SSSR count). The average molecular weight is 307 g/mol. The predicted molar refractivity (Wildman–Crippen MR) is 82.9 cm³/mol. The number of nitro benzene ring substituents is 1. The maximum Gasteiger partial charge on any atom is 0.270 e. The standard InChI is InChI=1S/C16H9N3O2S/c17-10-12(11-18)8-13-9-14(19(20)21)6-7-16(13)22-15-4-2-1-3-5-15/h1-9H. The average Bonchev–Trinajstić information content (AvgIpc) is 2.54. The van der Waals surface area contributed by atoms with Crippen molar-refractivity contribution in [2.24, 2.45) is 0 Å². The van der Waals surface area contributed by atoms with Crippen molar-refractivity contribution in [2.45, 2.75) is 9.79 Å². The smallest absolute Gasteiger partial charge is 0.258 e. The van der Waals surface area contributed by atoms with Gasteiger partial charge in [0, 0.05) is 21.9 Å². The summed E-state index contributed by atoms with van der Waals surface area (Å²) >= 11 is 1.41. The lowest BCUT2D eigenvalue weighted by Gasteiger charge is -2.06. The van der Waals surface area contributed by atoms with Gasteiger partial charge in [0.1, 0.15) is 17.7 Å². The lowest BCUT2D eigenvalue weighted by Crippen LogP contribution is -1.90. The van der Waals surface area contributed by atoms with Crippen molar-refractivity contribution in [3.63, 3.8) is 0 Å². The first-order chi connectivity index (χ1) is 10.6. The molecule has 2 aromatic rings. The van der Waals surface area contributed by atoms with E-state index >= 15 is 0 Å². The van der Waals surface area contributed by atoms with E-state index in [9.17, 15) is 10.1 Å². The first-order valence-electron chi connectivity index (χ1n) is 6.17. The molecular weight excluding hydrogens is 298 g/mol. The van der Waals surface area contributed by atoms with Crippen LogP contribution in [0.3, 0.4) is 0 Å². The number of nitrogens with zero attached hydrogens (tertiary/aromatic N) is 3. The van der Waals surface area contributed by atoms with E-state index in [1.165, 1.54) is 30.0 Å². The highest BCUT2D eigenvalue weighted by molar-refractivity contribution is 7.99. The van der Waals surface area contributed by atoms with Crippen molar-refractivity contribution < 1.29 is 4.92 Å². The van der Waals surface area contributed by atoms with Gasteiger partial charge in [0.05, 0.1) is 4.92 Å². The van der Waals surface area contributed by atoms with E-state index in [1.54, 1.807) is 18.2 Å². The van der Waals surface area contributed by atoms with Gasteiger partial charge in [-0.2, -0.15) is 10.5 Å². The Labute approximate surface area is 131 Å². The zero-order valence-corrected chi connectivity index (χ0v) is 12.1. The zero-order valence-electron chi connectivity index (χ0n) is 11.3. The normalized spacial score (nSPS) is 9.36. The molecule has 0 bridgehead atoms. The third kappa shape index (κ3) is 3.72. The largest absolute Gasteiger partial charge is 0.270 e.